The molecule has 0 aromatic heterocycles. The van der Waals surface area contributed by atoms with Crippen LogP contribution in [0.5, 0.6) is 0 Å². The van der Waals surface area contributed by atoms with Crippen molar-refractivity contribution in [3.63, 3.8) is 0 Å². The van der Waals surface area contributed by atoms with Crippen molar-refractivity contribution in [2.75, 3.05) is 31.6 Å². The number of para-hydroxylation sites is 1. The van der Waals surface area contributed by atoms with Crippen LogP contribution in [-0.4, -0.2) is 85.2 Å². The van der Waals surface area contributed by atoms with E-state index in [-0.39, 0.29) is 19.0 Å². The second kappa shape index (κ2) is 15.5. The lowest BCUT2D eigenvalue weighted by molar-refractivity contribution is -0.134. The molecule has 4 amide bonds. The van der Waals surface area contributed by atoms with Gasteiger partial charge >= 0.3 is 12.2 Å². The highest BCUT2D eigenvalue weighted by Crippen LogP contribution is 2.22. The largest absolute Gasteiger partial charge is 0.453 e. The molecule has 2 aromatic rings. The minimum Gasteiger partial charge on any atom is -0.453 e. The lowest BCUT2D eigenvalue weighted by atomic mass is 9.85. The van der Waals surface area contributed by atoms with Gasteiger partial charge in [-0.15, -0.1) is 0 Å². The van der Waals surface area contributed by atoms with Crippen LogP contribution in [0.3, 0.4) is 0 Å². The van der Waals surface area contributed by atoms with Crippen LogP contribution in [0.15, 0.2) is 60.7 Å². The summed E-state index contributed by atoms with van der Waals surface area (Å²) in [6, 6.07) is 16.6. The maximum absolute atomic E-state index is 13.5. The zero-order valence-electron chi connectivity index (χ0n) is 26.3. The quantitative estimate of drug-likeness (QED) is 0.253. The number of hydrogen-bond donors (Lipinski definition) is 4. The van der Waals surface area contributed by atoms with Gasteiger partial charge in [-0.2, -0.15) is 0 Å². The Labute approximate surface area is 259 Å². The van der Waals surface area contributed by atoms with Crippen molar-refractivity contribution in [2.45, 2.75) is 65.3 Å². The average Bonchev–Trinajstić information content (AvgIpc) is 3.37. The minimum atomic E-state index is -1.14. The fourth-order valence-electron chi connectivity index (χ4n) is 4.88. The maximum Gasteiger partial charge on any atom is 0.415 e. The molecule has 240 valence electrons. The van der Waals surface area contributed by atoms with E-state index in [4.69, 9.17) is 9.47 Å². The summed E-state index contributed by atoms with van der Waals surface area (Å²) in [5.74, 6) is -0.907. The second-order valence-electron chi connectivity index (χ2n) is 12.4. The summed E-state index contributed by atoms with van der Waals surface area (Å²) >= 11 is 0. The van der Waals surface area contributed by atoms with Crippen molar-refractivity contribution >= 4 is 29.7 Å². The van der Waals surface area contributed by atoms with Gasteiger partial charge in [-0.1, -0.05) is 83.1 Å². The van der Waals surface area contributed by atoms with E-state index in [0.717, 1.165) is 5.56 Å². The Bertz CT molecular complexity index is 1250. The van der Waals surface area contributed by atoms with E-state index in [0.29, 0.717) is 18.7 Å². The number of methoxy groups -OCH3 is 1. The van der Waals surface area contributed by atoms with Crippen LogP contribution < -0.4 is 21.0 Å². The number of anilines is 1. The Morgan fingerprint density at radius 2 is 1.64 bits per heavy atom. The lowest BCUT2D eigenvalue weighted by Gasteiger charge is -2.34. The zero-order chi connectivity index (χ0) is 32.4. The molecule has 0 saturated carbocycles. The summed E-state index contributed by atoms with van der Waals surface area (Å²) in [7, 11) is 1.22. The summed E-state index contributed by atoms with van der Waals surface area (Å²) in [4.78, 5) is 52.7. The molecule has 1 heterocycles. The monoisotopic (exact) mass is 611 g/mol. The molecule has 1 aliphatic rings. The molecule has 1 aliphatic heterocycles. The number of aliphatic hydroxyl groups excluding tert-OH is 1. The van der Waals surface area contributed by atoms with Gasteiger partial charge in [0.1, 0.15) is 6.04 Å². The van der Waals surface area contributed by atoms with E-state index < -0.39 is 53.7 Å². The van der Waals surface area contributed by atoms with Gasteiger partial charge in [0.05, 0.1) is 25.8 Å². The van der Waals surface area contributed by atoms with Crippen LogP contribution in [-0.2, 0) is 25.5 Å². The highest BCUT2D eigenvalue weighted by atomic mass is 16.6. The Morgan fingerprint density at radius 3 is 2.20 bits per heavy atom. The van der Waals surface area contributed by atoms with Crippen molar-refractivity contribution < 1.29 is 33.8 Å². The summed E-state index contributed by atoms with van der Waals surface area (Å²) in [5.41, 5.74) is 3.65. The van der Waals surface area contributed by atoms with E-state index in [1.807, 2.05) is 71.0 Å². The fraction of sp³-hybridized carbons (Fsp3) is 0.500. The third kappa shape index (κ3) is 9.95. The molecule has 0 bridgehead atoms. The summed E-state index contributed by atoms with van der Waals surface area (Å²) in [6.45, 7) is 9.75. The van der Waals surface area contributed by atoms with Crippen LogP contribution in [0.4, 0.5) is 15.3 Å². The average molecular weight is 612 g/mol. The number of aliphatic hydroxyl groups is 1. The molecule has 12 nitrogen and oxygen atoms in total. The first-order chi connectivity index (χ1) is 20.8. The van der Waals surface area contributed by atoms with Crippen LogP contribution in [0.1, 0.15) is 40.2 Å². The SMILES string of the molecule is COC(=O)NC(C(=O)N[C@@H](Cc1ccccc1)C(O)CN(CC(C)C)NC(=O)C1CN(c2ccccc2)C(=O)O1)C(C)(C)C. The van der Waals surface area contributed by atoms with Gasteiger partial charge in [0, 0.05) is 18.8 Å². The van der Waals surface area contributed by atoms with Crippen molar-refractivity contribution in [1.82, 2.24) is 21.1 Å². The number of rotatable bonds is 13. The van der Waals surface area contributed by atoms with Crippen LogP contribution in [0.2, 0.25) is 0 Å². The van der Waals surface area contributed by atoms with Crippen molar-refractivity contribution in [3.8, 4) is 0 Å². The van der Waals surface area contributed by atoms with Gasteiger partial charge in [-0.25, -0.2) is 14.6 Å². The normalized spacial score (nSPS) is 17.1. The topological polar surface area (TPSA) is 150 Å². The van der Waals surface area contributed by atoms with Gasteiger partial charge in [0.25, 0.3) is 5.91 Å². The molecule has 12 heteroatoms. The van der Waals surface area contributed by atoms with Crippen LogP contribution >= 0.6 is 0 Å². The third-order valence-corrected chi connectivity index (χ3v) is 7.10. The summed E-state index contributed by atoms with van der Waals surface area (Å²) in [5, 5.41) is 18.6. The molecule has 0 radical (unpaired) electrons. The standard InChI is InChI=1S/C32H45N5O7/c1-21(2)18-36(35-28(39)26-20-37(31(42)44-26)23-15-11-8-12-16-23)19-25(38)24(17-22-13-9-7-10-14-22)33-29(40)27(32(3,4)5)34-30(41)43-6/h7-16,21,24-27,38H,17-20H2,1-6H3,(H,33,40)(H,34,41)(H,35,39)/t24-,25?,26?,27?/m0/s1. The number of nitrogens with zero attached hydrogens (tertiary/aromatic N) is 2. The van der Waals surface area contributed by atoms with E-state index >= 15 is 0 Å². The van der Waals surface area contributed by atoms with E-state index in [2.05, 4.69) is 16.1 Å². The van der Waals surface area contributed by atoms with Gasteiger partial charge in [-0.05, 0) is 35.4 Å². The maximum atomic E-state index is 13.5. The first kappa shape index (κ1) is 34.3. The number of amides is 4. The summed E-state index contributed by atoms with van der Waals surface area (Å²) in [6.07, 6.45) is -3.26. The number of cyclic esters (lactones) is 1. The van der Waals surface area contributed by atoms with Gasteiger partial charge in [0.15, 0.2) is 0 Å². The number of carbonyl (C=O) groups is 4. The van der Waals surface area contributed by atoms with Crippen molar-refractivity contribution in [3.05, 3.63) is 66.2 Å². The minimum absolute atomic E-state index is 0.0324. The Morgan fingerprint density at radius 1 is 1.02 bits per heavy atom. The number of ether oxygens (including phenoxy) is 2. The molecule has 0 spiro atoms. The number of hydrazine groups is 1. The van der Waals surface area contributed by atoms with Gasteiger partial charge < -0.3 is 25.2 Å². The van der Waals surface area contributed by atoms with Gasteiger partial charge in [-0.3, -0.25) is 19.9 Å². The number of carbonyl (C=O) groups excluding carboxylic acids is 4. The predicted molar refractivity (Wildman–Crippen MR) is 165 cm³/mol. The smallest absolute Gasteiger partial charge is 0.415 e. The molecule has 3 rings (SSSR count). The Kier molecular flexibility index (Phi) is 12.1. The van der Waals surface area contributed by atoms with Gasteiger partial charge in [0.2, 0.25) is 12.0 Å². The number of alkyl carbamates (subject to hydrolysis) is 1. The van der Waals surface area contributed by atoms with E-state index in [1.165, 1.54) is 12.0 Å². The van der Waals surface area contributed by atoms with Crippen molar-refractivity contribution in [1.29, 1.82) is 0 Å². The summed E-state index contributed by atoms with van der Waals surface area (Å²) < 4.78 is 10.1. The molecule has 4 N–H and O–H groups in total. The van der Waals surface area contributed by atoms with Crippen molar-refractivity contribution in [2.24, 2.45) is 11.3 Å². The predicted octanol–water partition coefficient (Wildman–Crippen LogP) is 2.86. The second-order valence-corrected chi connectivity index (χ2v) is 12.4. The van der Waals surface area contributed by atoms with Crippen LogP contribution in [0.25, 0.3) is 0 Å². The molecular formula is C32H45N5O7. The highest BCUT2D eigenvalue weighted by Gasteiger charge is 2.39. The third-order valence-electron chi connectivity index (χ3n) is 7.10. The highest BCUT2D eigenvalue weighted by molar-refractivity contribution is 5.95. The molecule has 3 unspecified atom stereocenters. The number of hydrogen-bond acceptors (Lipinski definition) is 8. The molecule has 4 atom stereocenters. The molecule has 44 heavy (non-hydrogen) atoms. The molecule has 0 aliphatic carbocycles. The molecule has 1 fully saturated rings. The zero-order valence-corrected chi connectivity index (χ0v) is 26.3. The van der Waals surface area contributed by atoms with Crippen LogP contribution in [0, 0.1) is 11.3 Å². The number of nitrogens with one attached hydrogen (secondary N) is 3. The molecular weight excluding hydrogens is 566 g/mol. The number of benzene rings is 2. The molecule has 1 saturated heterocycles. The van der Waals surface area contributed by atoms with E-state index in [9.17, 15) is 24.3 Å². The lowest BCUT2D eigenvalue weighted by Crippen LogP contribution is -2.59. The first-order valence-electron chi connectivity index (χ1n) is 14.7. The fourth-order valence-corrected chi connectivity index (χ4v) is 4.88. The van der Waals surface area contributed by atoms with E-state index in [1.54, 1.807) is 29.3 Å². The Hall–Kier alpha value is -4.16. The first-order valence-corrected chi connectivity index (χ1v) is 14.7. The Balaban J connectivity index is 1.76. The molecule has 2 aromatic carbocycles.